The predicted molar refractivity (Wildman–Crippen MR) is 33.7 cm³/mol. The van der Waals surface area contributed by atoms with Crippen molar-refractivity contribution in [1.82, 2.24) is 0 Å². The molecule has 42 valence electrons. The van der Waals surface area contributed by atoms with Gasteiger partial charge < -0.3 is 4.74 Å². The molecule has 0 radical (unpaired) electrons. The standard InChI is InChI=1S/C5H12OSi/c7-5-2-1-3-6-4-5/h5H,1-4H2,7H3. The van der Waals surface area contributed by atoms with Gasteiger partial charge in [0.1, 0.15) is 0 Å². The van der Waals surface area contributed by atoms with Gasteiger partial charge in [-0.1, -0.05) is 0 Å². The van der Waals surface area contributed by atoms with Crippen molar-refractivity contribution in [1.29, 1.82) is 0 Å². The lowest BCUT2D eigenvalue weighted by atomic mass is 10.2. The van der Waals surface area contributed by atoms with Crippen LogP contribution in [0.5, 0.6) is 0 Å². The van der Waals surface area contributed by atoms with E-state index < -0.39 is 0 Å². The van der Waals surface area contributed by atoms with Crippen molar-refractivity contribution in [3.8, 4) is 0 Å². The molecule has 0 spiro atoms. The average Bonchev–Trinajstić information content (AvgIpc) is 1.69. The molecule has 0 N–H and O–H groups in total. The van der Waals surface area contributed by atoms with Gasteiger partial charge in [-0.2, -0.15) is 0 Å². The zero-order valence-electron chi connectivity index (χ0n) is 4.81. The summed E-state index contributed by atoms with van der Waals surface area (Å²) in [6.07, 6.45) is 2.72. The molecule has 1 rings (SSSR count). The van der Waals surface area contributed by atoms with Gasteiger partial charge in [0.15, 0.2) is 0 Å². The highest BCUT2D eigenvalue weighted by Gasteiger charge is 2.06. The van der Waals surface area contributed by atoms with Gasteiger partial charge in [-0.15, -0.1) is 0 Å². The van der Waals surface area contributed by atoms with Crippen molar-refractivity contribution >= 4 is 10.2 Å². The molecule has 0 amide bonds. The van der Waals surface area contributed by atoms with E-state index in [1.807, 2.05) is 0 Å². The summed E-state index contributed by atoms with van der Waals surface area (Å²) in [6, 6.07) is 0. The molecule has 1 nitrogen and oxygen atoms in total. The van der Waals surface area contributed by atoms with Gasteiger partial charge in [-0.3, -0.25) is 0 Å². The molecule has 0 aromatic carbocycles. The second-order valence-electron chi connectivity index (χ2n) is 2.32. The van der Waals surface area contributed by atoms with Crippen LogP contribution in [0.25, 0.3) is 0 Å². The van der Waals surface area contributed by atoms with Gasteiger partial charge >= 0.3 is 0 Å². The summed E-state index contributed by atoms with van der Waals surface area (Å²) in [5.41, 5.74) is 0.953. The van der Waals surface area contributed by atoms with Gasteiger partial charge in [0.25, 0.3) is 0 Å². The van der Waals surface area contributed by atoms with Gasteiger partial charge in [-0.05, 0) is 18.4 Å². The van der Waals surface area contributed by atoms with Crippen molar-refractivity contribution in [3.05, 3.63) is 0 Å². The minimum atomic E-state index is 0.953. The van der Waals surface area contributed by atoms with E-state index in [2.05, 4.69) is 0 Å². The number of ether oxygens (including phenoxy) is 1. The molecule has 0 bridgehead atoms. The van der Waals surface area contributed by atoms with E-state index in [9.17, 15) is 0 Å². The summed E-state index contributed by atoms with van der Waals surface area (Å²) in [7, 11) is 1.33. The largest absolute Gasteiger partial charge is 0.381 e. The lowest BCUT2D eigenvalue weighted by Crippen LogP contribution is -2.11. The third kappa shape index (κ3) is 1.61. The second kappa shape index (κ2) is 2.48. The van der Waals surface area contributed by atoms with E-state index in [0.29, 0.717) is 0 Å². The molecule has 1 fully saturated rings. The Hall–Kier alpha value is 0.177. The molecule has 1 unspecified atom stereocenters. The molecule has 1 atom stereocenters. The molecule has 1 aliphatic heterocycles. The highest BCUT2D eigenvalue weighted by molar-refractivity contribution is 6.11. The zero-order valence-corrected chi connectivity index (χ0v) is 6.81. The molecular formula is C5H12OSi. The topological polar surface area (TPSA) is 9.23 Å². The predicted octanol–water partition coefficient (Wildman–Crippen LogP) is -0.0493. The Morgan fingerprint density at radius 1 is 1.57 bits per heavy atom. The highest BCUT2D eigenvalue weighted by Crippen LogP contribution is 2.13. The maximum Gasteiger partial charge on any atom is 0.0466 e. The minimum Gasteiger partial charge on any atom is -0.381 e. The minimum absolute atomic E-state index is 0.953. The van der Waals surface area contributed by atoms with Crippen LogP contribution in [0.3, 0.4) is 0 Å². The fourth-order valence-electron chi connectivity index (χ4n) is 0.902. The number of hydrogen-bond donors (Lipinski definition) is 0. The summed E-state index contributed by atoms with van der Waals surface area (Å²) in [5.74, 6) is 0. The monoisotopic (exact) mass is 116 g/mol. The maximum absolute atomic E-state index is 5.22. The van der Waals surface area contributed by atoms with Crippen molar-refractivity contribution in [2.45, 2.75) is 18.4 Å². The molecule has 1 saturated heterocycles. The second-order valence-corrected chi connectivity index (χ2v) is 3.96. The van der Waals surface area contributed by atoms with Crippen LogP contribution in [0.2, 0.25) is 5.54 Å². The molecule has 0 aliphatic carbocycles. The Kier molecular flexibility index (Phi) is 1.88. The summed E-state index contributed by atoms with van der Waals surface area (Å²) >= 11 is 0. The van der Waals surface area contributed by atoms with Gasteiger partial charge in [0, 0.05) is 23.5 Å². The van der Waals surface area contributed by atoms with Crippen LogP contribution in [0.4, 0.5) is 0 Å². The van der Waals surface area contributed by atoms with Crippen LogP contribution in [0.1, 0.15) is 12.8 Å². The van der Waals surface area contributed by atoms with E-state index in [4.69, 9.17) is 4.74 Å². The van der Waals surface area contributed by atoms with Crippen molar-refractivity contribution in [2.75, 3.05) is 13.2 Å². The molecule has 7 heavy (non-hydrogen) atoms. The third-order valence-corrected chi connectivity index (χ3v) is 2.30. The summed E-state index contributed by atoms with van der Waals surface area (Å²) < 4.78 is 5.22. The van der Waals surface area contributed by atoms with Crippen LogP contribution in [0.15, 0.2) is 0 Å². The molecule has 1 aliphatic rings. The van der Waals surface area contributed by atoms with Crippen LogP contribution >= 0.6 is 0 Å². The molecule has 1 heterocycles. The Bertz CT molecular complexity index is 50.0. The highest BCUT2D eigenvalue weighted by atomic mass is 28.1. The molecule has 0 aromatic rings. The first-order chi connectivity index (χ1) is 3.39. The summed E-state index contributed by atoms with van der Waals surface area (Å²) in [5, 5.41) is 0. The van der Waals surface area contributed by atoms with E-state index in [1.54, 1.807) is 0 Å². The average molecular weight is 116 g/mol. The van der Waals surface area contributed by atoms with Crippen LogP contribution in [-0.2, 0) is 4.74 Å². The van der Waals surface area contributed by atoms with E-state index in [1.165, 1.54) is 23.1 Å². The van der Waals surface area contributed by atoms with Crippen molar-refractivity contribution in [3.63, 3.8) is 0 Å². The first-order valence-electron chi connectivity index (χ1n) is 2.97. The van der Waals surface area contributed by atoms with Gasteiger partial charge in [-0.25, -0.2) is 0 Å². The molecule has 2 heteroatoms. The number of hydrogen-bond acceptors (Lipinski definition) is 1. The summed E-state index contributed by atoms with van der Waals surface area (Å²) in [6.45, 7) is 2.06. The Balaban J connectivity index is 2.12. The number of rotatable bonds is 0. The van der Waals surface area contributed by atoms with Crippen molar-refractivity contribution < 1.29 is 4.74 Å². The van der Waals surface area contributed by atoms with E-state index in [0.717, 1.165) is 18.8 Å². The Labute approximate surface area is 47.5 Å². The van der Waals surface area contributed by atoms with Crippen LogP contribution in [0, 0.1) is 0 Å². The van der Waals surface area contributed by atoms with Gasteiger partial charge in [0.05, 0.1) is 0 Å². The molecule has 0 aromatic heterocycles. The van der Waals surface area contributed by atoms with Gasteiger partial charge in [0.2, 0.25) is 0 Å². The lowest BCUT2D eigenvalue weighted by Gasteiger charge is -2.16. The molecule has 0 saturated carbocycles. The zero-order chi connectivity index (χ0) is 5.11. The SMILES string of the molecule is [SiH3]C1CCCOC1. The van der Waals surface area contributed by atoms with Crippen LogP contribution in [-0.4, -0.2) is 23.5 Å². The Morgan fingerprint density at radius 2 is 2.43 bits per heavy atom. The fraction of sp³-hybridized carbons (Fsp3) is 1.00. The van der Waals surface area contributed by atoms with E-state index in [-0.39, 0.29) is 0 Å². The third-order valence-electron chi connectivity index (χ3n) is 1.39. The smallest absolute Gasteiger partial charge is 0.0466 e. The first-order valence-corrected chi connectivity index (χ1v) is 4.13. The molecular weight excluding hydrogens is 104 g/mol. The normalized spacial score (nSPS) is 33.4. The maximum atomic E-state index is 5.22. The van der Waals surface area contributed by atoms with Crippen molar-refractivity contribution in [2.24, 2.45) is 0 Å². The summed E-state index contributed by atoms with van der Waals surface area (Å²) in [4.78, 5) is 0. The quantitative estimate of drug-likeness (QED) is 0.403. The Morgan fingerprint density at radius 3 is 2.71 bits per heavy atom. The fourth-order valence-corrected chi connectivity index (χ4v) is 1.55. The lowest BCUT2D eigenvalue weighted by molar-refractivity contribution is 0.0976. The first kappa shape index (κ1) is 5.32. The van der Waals surface area contributed by atoms with E-state index >= 15 is 0 Å². The van der Waals surface area contributed by atoms with Crippen LogP contribution < -0.4 is 0 Å².